The third kappa shape index (κ3) is 4.01. The van der Waals surface area contributed by atoms with E-state index < -0.39 is 11.6 Å². The van der Waals surface area contributed by atoms with Crippen LogP contribution in [0.25, 0.3) is 16.9 Å². The standard InChI is InChI=1S/C23H22F2N4O2/c1-3-21(30)28-6-7-31-16(13-28)11-19-23(27-20-8-14(2)4-5-29(19)20)22-17(24)9-15(12-26)10-18(22)25/h4-5,8-10,16H,3,6-7,11,13H2,1-2H3/t16-/m0/s1. The molecule has 0 unspecified atom stereocenters. The van der Waals surface area contributed by atoms with Crippen LogP contribution in [-0.4, -0.2) is 46.0 Å². The number of halogens is 2. The highest BCUT2D eigenvalue weighted by atomic mass is 19.1. The molecule has 0 aliphatic carbocycles. The van der Waals surface area contributed by atoms with Gasteiger partial charge < -0.3 is 14.0 Å². The van der Waals surface area contributed by atoms with Crippen LogP contribution >= 0.6 is 0 Å². The van der Waals surface area contributed by atoms with Crippen molar-refractivity contribution in [2.75, 3.05) is 19.7 Å². The van der Waals surface area contributed by atoms with Crippen LogP contribution in [0.15, 0.2) is 30.5 Å². The second kappa shape index (κ2) is 8.44. The van der Waals surface area contributed by atoms with Crippen LogP contribution in [0.5, 0.6) is 0 Å². The van der Waals surface area contributed by atoms with Gasteiger partial charge in [0.2, 0.25) is 5.91 Å². The number of carbonyl (C=O) groups excluding carboxylic acids is 1. The van der Waals surface area contributed by atoms with E-state index in [4.69, 9.17) is 10.00 Å². The van der Waals surface area contributed by atoms with Crippen molar-refractivity contribution >= 4 is 11.6 Å². The lowest BCUT2D eigenvalue weighted by molar-refractivity contribution is -0.138. The summed E-state index contributed by atoms with van der Waals surface area (Å²) in [5.41, 5.74) is 1.92. The minimum Gasteiger partial charge on any atom is -0.374 e. The predicted octanol–water partition coefficient (Wildman–Crippen LogP) is 3.64. The van der Waals surface area contributed by atoms with E-state index in [0.717, 1.165) is 17.7 Å². The van der Waals surface area contributed by atoms with Gasteiger partial charge in [-0.2, -0.15) is 5.26 Å². The molecule has 1 aromatic carbocycles. The Bertz CT molecular complexity index is 1180. The van der Waals surface area contributed by atoms with Crippen molar-refractivity contribution < 1.29 is 18.3 Å². The molecule has 0 saturated carbocycles. The molecule has 1 amide bonds. The summed E-state index contributed by atoms with van der Waals surface area (Å²) in [7, 11) is 0. The summed E-state index contributed by atoms with van der Waals surface area (Å²) in [4.78, 5) is 18.4. The fourth-order valence-corrected chi connectivity index (χ4v) is 3.97. The number of aromatic nitrogens is 2. The molecule has 1 fully saturated rings. The van der Waals surface area contributed by atoms with Crippen molar-refractivity contribution in [1.82, 2.24) is 14.3 Å². The number of fused-ring (bicyclic) bond motifs is 1. The Balaban J connectivity index is 1.80. The van der Waals surface area contributed by atoms with E-state index in [2.05, 4.69) is 4.98 Å². The Hall–Kier alpha value is -3.31. The topological polar surface area (TPSA) is 70.6 Å². The lowest BCUT2D eigenvalue weighted by Gasteiger charge is -2.33. The number of rotatable bonds is 4. The predicted molar refractivity (Wildman–Crippen MR) is 110 cm³/mol. The number of nitrogens with zero attached hydrogens (tertiary/aromatic N) is 4. The second-order valence-corrected chi connectivity index (χ2v) is 7.66. The van der Waals surface area contributed by atoms with E-state index in [0.29, 0.717) is 43.9 Å². The van der Waals surface area contributed by atoms with Gasteiger partial charge in [0.1, 0.15) is 17.3 Å². The fraction of sp³-hybridized carbons (Fsp3) is 0.348. The van der Waals surface area contributed by atoms with Crippen LogP contribution in [-0.2, 0) is 16.0 Å². The van der Waals surface area contributed by atoms with Gasteiger partial charge >= 0.3 is 0 Å². The molecule has 31 heavy (non-hydrogen) atoms. The van der Waals surface area contributed by atoms with Gasteiger partial charge in [0, 0.05) is 32.1 Å². The number of pyridine rings is 1. The van der Waals surface area contributed by atoms with Crippen LogP contribution < -0.4 is 0 Å². The summed E-state index contributed by atoms with van der Waals surface area (Å²) < 4.78 is 37.3. The number of benzene rings is 1. The zero-order valence-electron chi connectivity index (χ0n) is 17.4. The Morgan fingerprint density at radius 2 is 2.06 bits per heavy atom. The lowest BCUT2D eigenvalue weighted by Crippen LogP contribution is -2.46. The molecule has 0 bridgehead atoms. The van der Waals surface area contributed by atoms with Crippen molar-refractivity contribution in [3.63, 3.8) is 0 Å². The smallest absolute Gasteiger partial charge is 0.222 e. The molecule has 4 rings (SSSR count). The van der Waals surface area contributed by atoms with Gasteiger partial charge in [-0.3, -0.25) is 4.79 Å². The van der Waals surface area contributed by atoms with Gasteiger partial charge in [-0.25, -0.2) is 13.8 Å². The highest BCUT2D eigenvalue weighted by molar-refractivity contribution is 5.76. The minimum absolute atomic E-state index is 0.0477. The van der Waals surface area contributed by atoms with E-state index in [1.807, 2.05) is 32.2 Å². The molecular formula is C23H22F2N4O2. The molecule has 3 aromatic rings. The van der Waals surface area contributed by atoms with E-state index in [9.17, 15) is 13.6 Å². The third-order valence-corrected chi connectivity index (χ3v) is 5.50. The first-order chi connectivity index (χ1) is 14.9. The summed E-state index contributed by atoms with van der Waals surface area (Å²) >= 11 is 0. The van der Waals surface area contributed by atoms with Crippen LogP contribution in [0, 0.1) is 29.9 Å². The summed E-state index contributed by atoms with van der Waals surface area (Å²) in [5, 5.41) is 9.00. The number of hydrogen-bond donors (Lipinski definition) is 0. The minimum atomic E-state index is -0.842. The van der Waals surface area contributed by atoms with Gasteiger partial charge in [-0.15, -0.1) is 0 Å². The number of imidazole rings is 1. The maximum atomic E-state index is 14.8. The maximum Gasteiger partial charge on any atom is 0.222 e. The molecule has 160 valence electrons. The van der Waals surface area contributed by atoms with E-state index in [1.54, 1.807) is 15.4 Å². The highest BCUT2D eigenvalue weighted by Crippen LogP contribution is 2.32. The molecular weight excluding hydrogens is 402 g/mol. The molecule has 2 aromatic heterocycles. The molecule has 0 radical (unpaired) electrons. The quantitative estimate of drug-likeness (QED) is 0.641. The van der Waals surface area contributed by atoms with Crippen molar-refractivity contribution in [3.05, 3.63) is 58.9 Å². The molecule has 1 saturated heterocycles. The van der Waals surface area contributed by atoms with Crippen LogP contribution in [0.3, 0.4) is 0 Å². The Morgan fingerprint density at radius 1 is 1.32 bits per heavy atom. The zero-order valence-corrected chi connectivity index (χ0v) is 17.4. The van der Waals surface area contributed by atoms with Crippen molar-refractivity contribution in [3.8, 4) is 17.3 Å². The average Bonchev–Trinajstić information content (AvgIpc) is 3.09. The molecule has 0 spiro atoms. The lowest BCUT2D eigenvalue weighted by atomic mass is 10.0. The maximum absolute atomic E-state index is 14.8. The molecule has 6 nitrogen and oxygen atoms in total. The monoisotopic (exact) mass is 424 g/mol. The number of aryl methyl sites for hydroxylation is 1. The van der Waals surface area contributed by atoms with Gasteiger partial charge in [-0.1, -0.05) is 6.92 Å². The van der Waals surface area contributed by atoms with Crippen molar-refractivity contribution in [2.24, 2.45) is 0 Å². The van der Waals surface area contributed by atoms with Crippen LogP contribution in [0.1, 0.15) is 30.2 Å². The summed E-state index contributed by atoms with van der Waals surface area (Å²) in [5.74, 6) is -1.64. The van der Waals surface area contributed by atoms with Crippen LogP contribution in [0.2, 0.25) is 0 Å². The Morgan fingerprint density at radius 3 is 2.74 bits per heavy atom. The van der Waals surface area contributed by atoms with Gasteiger partial charge in [0.25, 0.3) is 0 Å². The number of hydrogen-bond acceptors (Lipinski definition) is 4. The first-order valence-electron chi connectivity index (χ1n) is 10.2. The molecule has 0 N–H and O–H groups in total. The van der Waals surface area contributed by atoms with E-state index >= 15 is 0 Å². The molecule has 1 atom stereocenters. The SMILES string of the molecule is CCC(=O)N1CCO[C@@H](Cc2c(-c3c(F)cc(C#N)cc3F)nc3cc(C)ccn23)C1. The summed E-state index contributed by atoms with van der Waals surface area (Å²) in [6.07, 6.45) is 2.22. The Kier molecular flexibility index (Phi) is 5.70. The van der Waals surface area contributed by atoms with Gasteiger partial charge in [0.05, 0.1) is 41.3 Å². The van der Waals surface area contributed by atoms with Gasteiger partial charge in [0.15, 0.2) is 0 Å². The highest BCUT2D eigenvalue weighted by Gasteiger charge is 2.28. The van der Waals surface area contributed by atoms with Gasteiger partial charge in [-0.05, 0) is 36.8 Å². The third-order valence-electron chi connectivity index (χ3n) is 5.50. The fourth-order valence-electron chi connectivity index (χ4n) is 3.97. The average molecular weight is 424 g/mol. The molecule has 1 aliphatic heterocycles. The normalized spacial score (nSPS) is 16.5. The first kappa shape index (κ1) is 20.9. The largest absolute Gasteiger partial charge is 0.374 e. The van der Waals surface area contributed by atoms with E-state index in [-0.39, 0.29) is 28.8 Å². The van der Waals surface area contributed by atoms with E-state index in [1.165, 1.54) is 0 Å². The molecule has 1 aliphatic rings. The molecule has 8 heteroatoms. The number of amides is 1. The Labute approximate surface area is 178 Å². The van der Waals surface area contributed by atoms with Crippen molar-refractivity contribution in [1.29, 1.82) is 5.26 Å². The first-order valence-corrected chi connectivity index (χ1v) is 10.2. The van der Waals surface area contributed by atoms with Crippen molar-refractivity contribution in [2.45, 2.75) is 32.8 Å². The second-order valence-electron chi connectivity index (χ2n) is 7.66. The number of morpholine rings is 1. The number of ether oxygens (including phenoxy) is 1. The summed E-state index contributed by atoms with van der Waals surface area (Å²) in [6, 6.07) is 7.51. The van der Waals surface area contributed by atoms with Crippen LogP contribution in [0.4, 0.5) is 8.78 Å². The summed E-state index contributed by atoms with van der Waals surface area (Å²) in [6.45, 7) is 5.07. The zero-order chi connectivity index (χ0) is 22.1. The number of nitriles is 1. The number of carbonyl (C=O) groups is 1. The molecule has 3 heterocycles.